The average Bonchev–Trinajstić information content (AvgIpc) is 2.38. The van der Waals surface area contributed by atoms with E-state index < -0.39 is 5.97 Å². The minimum Gasteiger partial charge on any atom is -0.484 e. The number of carbonyl (C=O) groups is 1. The lowest BCUT2D eigenvalue weighted by Crippen LogP contribution is -2.10. The van der Waals surface area contributed by atoms with Gasteiger partial charge in [0.2, 0.25) is 0 Å². The number of nitrogens with zero attached hydrogens (tertiary/aromatic N) is 2. The number of aromatic nitrogens is 2. The van der Waals surface area contributed by atoms with Gasteiger partial charge in [-0.25, -0.2) is 14.8 Å². The topological polar surface area (TPSA) is 72.3 Å². The number of carboxylic acid groups (broad SMARTS) is 1. The quantitative estimate of drug-likeness (QED) is 0.911. The van der Waals surface area contributed by atoms with Gasteiger partial charge in [-0.05, 0) is 19.4 Å². The minimum absolute atomic E-state index is 0.0964. The largest absolute Gasteiger partial charge is 0.484 e. The van der Waals surface area contributed by atoms with E-state index in [1.165, 1.54) is 0 Å². The molecule has 0 unspecified atom stereocenters. The van der Waals surface area contributed by atoms with Gasteiger partial charge in [-0.3, -0.25) is 0 Å². The first kappa shape index (κ1) is 13.0. The first-order chi connectivity index (χ1) is 9.08. The minimum atomic E-state index is -1.11. The van der Waals surface area contributed by atoms with Gasteiger partial charge in [0.15, 0.2) is 11.4 Å². The maximum Gasteiger partial charge on any atom is 0.358 e. The third-order valence-electron chi connectivity index (χ3n) is 2.58. The van der Waals surface area contributed by atoms with Crippen molar-refractivity contribution in [3.05, 3.63) is 53.1 Å². The maximum atomic E-state index is 11.2. The molecule has 0 bridgehead atoms. The van der Waals surface area contributed by atoms with Gasteiger partial charge in [-0.2, -0.15) is 0 Å². The Morgan fingerprint density at radius 3 is 2.53 bits per heavy atom. The molecule has 98 valence electrons. The normalized spacial score (nSPS) is 10.2. The zero-order chi connectivity index (χ0) is 13.8. The number of aryl methyl sites for hydroxylation is 2. The number of aromatic carboxylic acids is 1. The Kier molecular flexibility index (Phi) is 3.75. The second-order valence-corrected chi connectivity index (χ2v) is 4.11. The molecule has 5 nitrogen and oxygen atoms in total. The maximum absolute atomic E-state index is 11.2. The van der Waals surface area contributed by atoms with Crippen LogP contribution in [0.15, 0.2) is 30.3 Å². The molecule has 2 aromatic rings. The van der Waals surface area contributed by atoms with Gasteiger partial charge < -0.3 is 9.84 Å². The van der Waals surface area contributed by atoms with Crippen LogP contribution in [0, 0.1) is 13.8 Å². The fourth-order valence-electron chi connectivity index (χ4n) is 1.75. The van der Waals surface area contributed by atoms with Crippen molar-refractivity contribution >= 4 is 5.97 Å². The Morgan fingerprint density at radius 2 is 1.89 bits per heavy atom. The van der Waals surface area contributed by atoms with Gasteiger partial charge in [-0.15, -0.1) is 0 Å². The molecule has 0 aliphatic heterocycles. The summed E-state index contributed by atoms with van der Waals surface area (Å²) in [6, 6.07) is 9.52. The lowest BCUT2D eigenvalue weighted by atomic mass is 10.2. The molecule has 0 saturated carbocycles. The lowest BCUT2D eigenvalue weighted by Gasteiger charge is -2.11. The highest BCUT2D eigenvalue weighted by molar-refractivity contribution is 5.88. The van der Waals surface area contributed by atoms with Crippen LogP contribution in [0.3, 0.4) is 0 Å². The number of hydrogen-bond acceptors (Lipinski definition) is 4. The van der Waals surface area contributed by atoms with Crippen LogP contribution in [0.5, 0.6) is 5.75 Å². The van der Waals surface area contributed by atoms with E-state index in [1.807, 2.05) is 30.3 Å². The van der Waals surface area contributed by atoms with Gasteiger partial charge in [0, 0.05) is 0 Å². The molecule has 0 aliphatic rings. The highest BCUT2D eigenvalue weighted by Gasteiger charge is 2.17. The van der Waals surface area contributed by atoms with Crippen LogP contribution in [0.25, 0.3) is 0 Å². The summed E-state index contributed by atoms with van der Waals surface area (Å²) in [6.07, 6.45) is 0. The Bertz CT molecular complexity index is 597. The van der Waals surface area contributed by atoms with Gasteiger partial charge in [-0.1, -0.05) is 30.3 Å². The summed E-state index contributed by atoms with van der Waals surface area (Å²) in [4.78, 5) is 19.2. The molecule has 2 rings (SSSR count). The van der Waals surface area contributed by atoms with Crippen LogP contribution in [0.4, 0.5) is 0 Å². The first-order valence-electron chi connectivity index (χ1n) is 5.83. The molecular formula is C14H14N2O3. The molecule has 0 amide bonds. The molecule has 1 heterocycles. The zero-order valence-electron chi connectivity index (χ0n) is 10.8. The van der Waals surface area contributed by atoms with Crippen molar-refractivity contribution in [1.82, 2.24) is 9.97 Å². The summed E-state index contributed by atoms with van der Waals surface area (Å²) in [7, 11) is 0. The molecule has 0 spiro atoms. The van der Waals surface area contributed by atoms with Crippen molar-refractivity contribution in [2.45, 2.75) is 20.5 Å². The number of carboxylic acids is 1. The Morgan fingerprint density at radius 1 is 1.21 bits per heavy atom. The van der Waals surface area contributed by atoms with Crippen LogP contribution < -0.4 is 4.74 Å². The van der Waals surface area contributed by atoms with Gasteiger partial charge >= 0.3 is 5.97 Å². The van der Waals surface area contributed by atoms with E-state index in [-0.39, 0.29) is 18.1 Å². The molecule has 5 heteroatoms. The van der Waals surface area contributed by atoms with Crippen LogP contribution in [-0.2, 0) is 6.61 Å². The molecule has 19 heavy (non-hydrogen) atoms. The lowest BCUT2D eigenvalue weighted by molar-refractivity contribution is 0.0683. The van der Waals surface area contributed by atoms with Crippen LogP contribution in [0.1, 0.15) is 27.6 Å². The van der Waals surface area contributed by atoms with Crippen molar-refractivity contribution < 1.29 is 14.6 Å². The second-order valence-electron chi connectivity index (χ2n) is 4.11. The van der Waals surface area contributed by atoms with Crippen molar-refractivity contribution in [3.8, 4) is 5.75 Å². The predicted octanol–water partition coefficient (Wildman–Crippen LogP) is 2.37. The highest BCUT2D eigenvalue weighted by atomic mass is 16.5. The van der Waals surface area contributed by atoms with Crippen molar-refractivity contribution in [2.24, 2.45) is 0 Å². The van der Waals surface area contributed by atoms with E-state index in [1.54, 1.807) is 13.8 Å². The fraction of sp³-hybridized carbons (Fsp3) is 0.214. The average molecular weight is 258 g/mol. The summed E-state index contributed by atoms with van der Waals surface area (Å²) in [6.45, 7) is 3.65. The zero-order valence-corrected chi connectivity index (χ0v) is 10.8. The Hall–Kier alpha value is -2.43. The third-order valence-corrected chi connectivity index (χ3v) is 2.58. The van der Waals surface area contributed by atoms with E-state index in [9.17, 15) is 4.79 Å². The van der Waals surface area contributed by atoms with E-state index >= 15 is 0 Å². The van der Waals surface area contributed by atoms with Gasteiger partial charge in [0.05, 0.1) is 5.69 Å². The van der Waals surface area contributed by atoms with Gasteiger partial charge in [0.1, 0.15) is 12.4 Å². The summed E-state index contributed by atoms with van der Waals surface area (Å²) in [5, 5.41) is 9.14. The monoisotopic (exact) mass is 258 g/mol. The Labute approximate surface area is 110 Å². The fourth-order valence-corrected chi connectivity index (χ4v) is 1.75. The summed E-state index contributed by atoms with van der Waals surface area (Å²) in [5.74, 6) is -0.472. The number of benzene rings is 1. The molecule has 0 saturated heterocycles. The molecule has 0 atom stereocenters. The molecule has 0 aliphatic carbocycles. The molecule has 1 aromatic carbocycles. The van der Waals surface area contributed by atoms with Crippen molar-refractivity contribution in [3.63, 3.8) is 0 Å². The van der Waals surface area contributed by atoms with Crippen molar-refractivity contribution in [1.29, 1.82) is 0 Å². The molecule has 1 aromatic heterocycles. The van der Waals surface area contributed by atoms with Crippen LogP contribution >= 0.6 is 0 Å². The van der Waals surface area contributed by atoms with Crippen molar-refractivity contribution in [2.75, 3.05) is 0 Å². The van der Waals surface area contributed by atoms with E-state index in [0.717, 1.165) is 5.56 Å². The number of ether oxygens (including phenoxy) is 1. The summed E-state index contributed by atoms with van der Waals surface area (Å²) in [5.41, 5.74) is 1.39. The number of rotatable bonds is 4. The van der Waals surface area contributed by atoms with E-state index in [0.29, 0.717) is 11.5 Å². The number of hydrogen-bond donors (Lipinski definition) is 1. The molecular weight excluding hydrogens is 244 g/mol. The van der Waals surface area contributed by atoms with Crippen LogP contribution in [-0.4, -0.2) is 21.0 Å². The Balaban J connectivity index is 2.27. The standard InChI is InChI=1S/C14H14N2O3/c1-9-13(12(14(17)18)16-10(2)15-9)19-8-11-6-4-3-5-7-11/h3-7H,8H2,1-2H3,(H,17,18). The molecule has 0 radical (unpaired) electrons. The third kappa shape index (κ3) is 3.07. The molecule has 1 N–H and O–H groups in total. The first-order valence-corrected chi connectivity index (χ1v) is 5.83. The smallest absolute Gasteiger partial charge is 0.358 e. The van der Waals surface area contributed by atoms with Gasteiger partial charge in [0.25, 0.3) is 0 Å². The van der Waals surface area contributed by atoms with E-state index in [2.05, 4.69) is 9.97 Å². The predicted molar refractivity (Wildman–Crippen MR) is 69.2 cm³/mol. The summed E-state index contributed by atoms with van der Waals surface area (Å²) >= 11 is 0. The SMILES string of the molecule is Cc1nc(C)c(OCc2ccccc2)c(C(=O)O)n1. The molecule has 0 fully saturated rings. The second kappa shape index (κ2) is 5.48. The summed E-state index contributed by atoms with van der Waals surface area (Å²) < 4.78 is 5.56. The van der Waals surface area contributed by atoms with Crippen LogP contribution in [0.2, 0.25) is 0 Å². The van der Waals surface area contributed by atoms with E-state index in [4.69, 9.17) is 9.84 Å². The highest BCUT2D eigenvalue weighted by Crippen LogP contribution is 2.21.